The number of carbonyl (C=O) groups is 1. The molecule has 0 radical (unpaired) electrons. The van der Waals surface area contributed by atoms with E-state index < -0.39 is 0 Å². The summed E-state index contributed by atoms with van der Waals surface area (Å²) in [6.45, 7) is 4.98. The quantitative estimate of drug-likeness (QED) is 0.674. The fraction of sp³-hybridized carbons (Fsp3) is 0.316. The molecule has 0 aliphatic carbocycles. The fourth-order valence-corrected chi connectivity index (χ4v) is 4.01. The number of anilines is 1. The van der Waals surface area contributed by atoms with Crippen LogP contribution in [0.25, 0.3) is 10.2 Å². The molecule has 0 saturated heterocycles. The molecule has 4 rings (SSSR count). The van der Waals surface area contributed by atoms with Gasteiger partial charge in [-0.3, -0.25) is 0 Å². The molecule has 8 heteroatoms. The first-order valence-corrected chi connectivity index (χ1v) is 9.52. The average Bonchev–Trinajstić information content (AvgIpc) is 3.04. The molecule has 140 valence electrons. The topological polar surface area (TPSA) is 82.6 Å². The van der Waals surface area contributed by atoms with Crippen molar-refractivity contribution >= 4 is 33.3 Å². The van der Waals surface area contributed by atoms with Crippen molar-refractivity contribution in [2.24, 2.45) is 0 Å². The van der Waals surface area contributed by atoms with Gasteiger partial charge in [-0.1, -0.05) is 12.1 Å². The number of nitrogens with zero attached hydrogens (tertiary/aromatic N) is 2. The largest absolute Gasteiger partial charge is 0.486 e. The number of ether oxygens (including phenoxy) is 3. The lowest BCUT2D eigenvalue weighted by atomic mass is 10.2. The number of aryl methyl sites for hydroxylation is 1. The van der Waals surface area contributed by atoms with Crippen LogP contribution in [-0.2, 0) is 4.74 Å². The molecule has 7 nitrogen and oxygen atoms in total. The van der Waals surface area contributed by atoms with E-state index in [1.807, 2.05) is 31.2 Å². The van der Waals surface area contributed by atoms with Gasteiger partial charge in [0.25, 0.3) is 0 Å². The van der Waals surface area contributed by atoms with Gasteiger partial charge in [0.1, 0.15) is 34.6 Å². The molecule has 1 N–H and O–H groups in total. The second-order valence-electron chi connectivity index (χ2n) is 6.06. The molecule has 1 unspecified atom stereocenters. The van der Waals surface area contributed by atoms with Crippen molar-refractivity contribution in [1.29, 1.82) is 0 Å². The standard InChI is InChI=1S/C19H19N3O4S/c1-3-24-19(23)16-11(2)15-17(21-10-22-18(15)27-16)20-8-12-9-25-13-6-4-5-7-14(13)26-12/h4-7,10,12H,3,8-9H2,1-2H3,(H,20,21,22). The van der Waals surface area contributed by atoms with E-state index in [9.17, 15) is 4.79 Å². The summed E-state index contributed by atoms with van der Waals surface area (Å²) in [4.78, 5) is 22.1. The van der Waals surface area contributed by atoms with E-state index in [1.165, 1.54) is 17.7 Å². The third-order valence-electron chi connectivity index (χ3n) is 4.25. The van der Waals surface area contributed by atoms with Crippen LogP contribution in [0.15, 0.2) is 30.6 Å². The molecule has 1 aliphatic rings. The van der Waals surface area contributed by atoms with Gasteiger partial charge in [0.2, 0.25) is 0 Å². The summed E-state index contributed by atoms with van der Waals surface area (Å²) < 4.78 is 16.8. The summed E-state index contributed by atoms with van der Waals surface area (Å²) in [6, 6.07) is 7.61. The molecular formula is C19H19N3O4S. The zero-order chi connectivity index (χ0) is 18.8. The van der Waals surface area contributed by atoms with Crippen LogP contribution in [0.3, 0.4) is 0 Å². The van der Waals surface area contributed by atoms with Crippen LogP contribution in [-0.4, -0.2) is 41.8 Å². The van der Waals surface area contributed by atoms with E-state index in [4.69, 9.17) is 14.2 Å². The Bertz CT molecular complexity index is 988. The lowest BCUT2D eigenvalue weighted by Gasteiger charge is -2.26. The minimum atomic E-state index is -0.329. The number of aromatic nitrogens is 2. The first-order valence-electron chi connectivity index (χ1n) is 8.71. The van der Waals surface area contributed by atoms with Gasteiger partial charge < -0.3 is 19.5 Å². The number of hydrogen-bond donors (Lipinski definition) is 1. The number of para-hydroxylation sites is 2. The monoisotopic (exact) mass is 385 g/mol. The summed E-state index contributed by atoms with van der Waals surface area (Å²) in [5.74, 6) is 1.84. The molecule has 2 aromatic heterocycles. The third kappa shape index (κ3) is 3.40. The molecule has 0 saturated carbocycles. The number of esters is 1. The second-order valence-corrected chi connectivity index (χ2v) is 7.06. The highest BCUT2D eigenvalue weighted by molar-refractivity contribution is 7.20. The number of fused-ring (bicyclic) bond motifs is 2. The summed E-state index contributed by atoms with van der Waals surface area (Å²) in [5, 5.41) is 4.15. The second kappa shape index (κ2) is 7.40. The highest BCUT2D eigenvalue weighted by Crippen LogP contribution is 2.34. The molecule has 1 atom stereocenters. The molecular weight excluding hydrogens is 366 g/mol. The summed E-state index contributed by atoms with van der Waals surface area (Å²) in [7, 11) is 0. The Kier molecular flexibility index (Phi) is 4.81. The molecule has 0 bridgehead atoms. The summed E-state index contributed by atoms with van der Waals surface area (Å²) in [5.41, 5.74) is 0.822. The van der Waals surface area contributed by atoms with Crippen LogP contribution < -0.4 is 14.8 Å². The van der Waals surface area contributed by atoms with Crippen LogP contribution in [0.2, 0.25) is 0 Å². The van der Waals surface area contributed by atoms with Crippen molar-refractivity contribution in [2.75, 3.05) is 25.1 Å². The van der Waals surface area contributed by atoms with E-state index in [0.29, 0.717) is 30.5 Å². The molecule has 3 heterocycles. The van der Waals surface area contributed by atoms with E-state index in [-0.39, 0.29) is 12.1 Å². The SMILES string of the molecule is CCOC(=O)c1sc2ncnc(NCC3COc4ccccc4O3)c2c1C. The van der Waals surface area contributed by atoms with Crippen LogP contribution >= 0.6 is 11.3 Å². The number of thiophene rings is 1. The van der Waals surface area contributed by atoms with Crippen molar-refractivity contribution in [3.63, 3.8) is 0 Å². The van der Waals surface area contributed by atoms with Crippen LogP contribution in [0.4, 0.5) is 5.82 Å². The van der Waals surface area contributed by atoms with Gasteiger partial charge in [-0.25, -0.2) is 14.8 Å². The molecule has 1 aliphatic heterocycles. The number of rotatable bonds is 5. The smallest absolute Gasteiger partial charge is 0.348 e. The Hall–Kier alpha value is -2.87. The zero-order valence-electron chi connectivity index (χ0n) is 15.0. The van der Waals surface area contributed by atoms with Gasteiger partial charge in [-0.2, -0.15) is 0 Å². The minimum absolute atomic E-state index is 0.145. The zero-order valence-corrected chi connectivity index (χ0v) is 15.8. The number of hydrogen-bond acceptors (Lipinski definition) is 8. The van der Waals surface area contributed by atoms with Gasteiger partial charge in [0, 0.05) is 0 Å². The Morgan fingerprint density at radius 2 is 2.15 bits per heavy atom. The highest BCUT2D eigenvalue weighted by atomic mass is 32.1. The minimum Gasteiger partial charge on any atom is -0.486 e. The van der Waals surface area contributed by atoms with Crippen molar-refractivity contribution in [1.82, 2.24) is 9.97 Å². The normalized spacial score (nSPS) is 15.6. The Balaban J connectivity index is 1.53. The van der Waals surface area contributed by atoms with Crippen molar-refractivity contribution < 1.29 is 19.0 Å². The van der Waals surface area contributed by atoms with E-state index in [0.717, 1.165) is 27.3 Å². The van der Waals surface area contributed by atoms with Crippen molar-refractivity contribution in [2.45, 2.75) is 20.0 Å². The molecule has 3 aromatic rings. The van der Waals surface area contributed by atoms with Crippen LogP contribution in [0.5, 0.6) is 11.5 Å². The molecule has 0 spiro atoms. The molecule has 1 aromatic carbocycles. The maximum atomic E-state index is 12.2. The van der Waals surface area contributed by atoms with E-state index in [2.05, 4.69) is 15.3 Å². The van der Waals surface area contributed by atoms with Gasteiger partial charge >= 0.3 is 5.97 Å². The first-order chi connectivity index (χ1) is 13.2. The van der Waals surface area contributed by atoms with Crippen molar-refractivity contribution in [3.8, 4) is 11.5 Å². The summed E-state index contributed by atoms with van der Waals surface area (Å²) >= 11 is 1.32. The van der Waals surface area contributed by atoms with Crippen molar-refractivity contribution in [3.05, 3.63) is 41.0 Å². The van der Waals surface area contributed by atoms with E-state index in [1.54, 1.807) is 6.92 Å². The van der Waals surface area contributed by atoms with Crippen LogP contribution in [0.1, 0.15) is 22.2 Å². The maximum Gasteiger partial charge on any atom is 0.348 e. The van der Waals surface area contributed by atoms with Gasteiger partial charge in [0.05, 0.1) is 18.5 Å². The molecule has 0 amide bonds. The predicted molar refractivity (Wildman–Crippen MR) is 103 cm³/mol. The lowest BCUT2D eigenvalue weighted by molar-refractivity contribution is 0.0531. The number of benzene rings is 1. The predicted octanol–water partition coefficient (Wildman–Crippen LogP) is 3.43. The lowest BCUT2D eigenvalue weighted by Crippen LogP contribution is -2.35. The van der Waals surface area contributed by atoms with E-state index >= 15 is 0 Å². The molecule has 0 fully saturated rings. The van der Waals surface area contributed by atoms with Crippen LogP contribution in [0, 0.1) is 6.92 Å². The van der Waals surface area contributed by atoms with Gasteiger partial charge in [-0.05, 0) is 31.5 Å². The average molecular weight is 385 g/mol. The Morgan fingerprint density at radius 1 is 1.33 bits per heavy atom. The number of nitrogens with one attached hydrogen (secondary N) is 1. The fourth-order valence-electron chi connectivity index (χ4n) is 2.97. The first kappa shape index (κ1) is 17.5. The molecule has 27 heavy (non-hydrogen) atoms. The van der Waals surface area contributed by atoms with Gasteiger partial charge in [-0.15, -0.1) is 11.3 Å². The summed E-state index contributed by atoms with van der Waals surface area (Å²) in [6.07, 6.45) is 1.34. The third-order valence-corrected chi connectivity index (χ3v) is 5.43. The number of carbonyl (C=O) groups excluding carboxylic acids is 1. The Morgan fingerprint density at radius 3 is 2.96 bits per heavy atom. The highest BCUT2D eigenvalue weighted by Gasteiger charge is 2.23. The maximum absolute atomic E-state index is 12.2. The Labute approximate surface area is 160 Å². The van der Waals surface area contributed by atoms with Gasteiger partial charge in [0.15, 0.2) is 11.5 Å².